The molecule has 0 saturated heterocycles. The zero-order valence-corrected chi connectivity index (χ0v) is 15.4. The van der Waals surface area contributed by atoms with Crippen LogP contribution in [0.1, 0.15) is 23.1 Å². The van der Waals surface area contributed by atoms with Gasteiger partial charge in [0, 0.05) is 34.0 Å². The fourth-order valence-corrected chi connectivity index (χ4v) is 4.04. The standard InChI is InChI=1S/C21H22NOS/c1-6-9-15-16-12-17(18-11-8-10-14(3)22(18)4)19(23-5)13-21(16)24-20(15)7-2/h6-13H,2H2,1,3-5H3/q+1/b9-6-. The minimum atomic E-state index is 0.896. The van der Waals surface area contributed by atoms with Gasteiger partial charge in [-0.15, -0.1) is 11.3 Å². The number of aryl methyl sites for hydroxylation is 1. The van der Waals surface area contributed by atoms with Gasteiger partial charge >= 0.3 is 0 Å². The summed E-state index contributed by atoms with van der Waals surface area (Å²) < 4.78 is 9.11. The summed E-state index contributed by atoms with van der Waals surface area (Å²) in [4.78, 5) is 1.19. The first kappa shape index (κ1) is 16.5. The number of pyridine rings is 1. The third kappa shape index (κ3) is 2.65. The number of rotatable bonds is 4. The monoisotopic (exact) mass is 336 g/mol. The van der Waals surface area contributed by atoms with Crippen LogP contribution in [0.25, 0.3) is 33.5 Å². The van der Waals surface area contributed by atoms with Gasteiger partial charge in [-0.05, 0) is 30.7 Å². The zero-order valence-electron chi connectivity index (χ0n) is 14.6. The van der Waals surface area contributed by atoms with E-state index in [1.54, 1.807) is 18.4 Å². The van der Waals surface area contributed by atoms with Gasteiger partial charge in [0.1, 0.15) is 12.8 Å². The van der Waals surface area contributed by atoms with E-state index in [1.807, 2.05) is 13.0 Å². The van der Waals surface area contributed by atoms with Crippen molar-refractivity contribution in [3.8, 4) is 17.0 Å². The molecular weight excluding hydrogens is 314 g/mol. The summed E-state index contributed by atoms with van der Waals surface area (Å²) in [7, 11) is 3.82. The van der Waals surface area contributed by atoms with Crippen molar-refractivity contribution in [2.75, 3.05) is 7.11 Å². The van der Waals surface area contributed by atoms with Gasteiger partial charge in [0.05, 0.1) is 12.7 Å². The van der Waals surface area contributed by atoms with Gasteiger partial charge < -0.3 is 4.74 Å². The van der Waals surface area contributed by atoms with Crippen LogP contribution >= 0.6 is 11.3 Å². The van der Waals surface area contributed by atoms with Gasteiger partial charge in [-0.25, -0.2) is 0 Å². The Bertz CT molecular complexity index is 950. The average molecular weight is 336 g/mol. The lowest BCUT2D eigenvalue weighted by molar-refractivity contribution is -0.666. The van der Waals surface area contributed by atoms with Crippen LogP contribution in [0, 0.1) is 6.92 Å². The SMILES string of the molecule is C=Cc1sc2cc(OC)c(-c3cccc(C)[n+]3C)cc2c1/C=C\C. The van der Waals surface area contributed by atoms with Gasteiger partial charge in [-0.3, -0.25) is 0 Å². The lowest BCUT2D eigenvalue weighted by Crippen LogP contribution is -2.34. The third-order valence-electron chi connectivity index (χ3n) is 4.35. The molecule has 1 aromatic carbocycles. The molecule has 0 fully saturated rings. The van der Waals surface area contributed by atoms with Crippen molar-refractivity contribution in [3.63, 3.8) is 0 Å². The van der Waals surface area contributed by atoms with Crippen LogP contribution < -0.4 is 9.30 Å². The Morgan fingerprint density at radius 3 is 2.71 bits per heavy atom. The topological polar surface area (TPSA) is 13.1 Å². The maximum absolute atomic E-state index is 5.69. The molecule has 0 amide bonds. The predicted molar refractivity (Wildman–Crippen MR) is 105 cm³/mol. The minimum Gasteiger partial charge on any atom is -0.496 e. The van der Waals surface area contributed by atoms with Gasteiger partial charge in [-0.1, -0.05) is 24.8 Å². The van der Waals surface area contributed by atoms with Gasteiger partial charge in [0.2, 0.25) is 5.69 Å². The van der Waals surface area contributed by atoms with Gasteiger partial charge in [0.25, 0.3) is 0 Å². The third-order valence-corrected chi connectivity index (χ3v) is 5.52. The van der Waals surface area contributed by atoms with Crippen molar-refractivity contribution in [1.29, 1.82) is 0 Å². The summed E-state index contributed by atoms with van der Waals surface area (Å²) in [5, 5.41) is 1.24. The highest BCUT2D eigenvalue weighted by atomic mass is 32.1. The number of methoxy groups -OCH3 is 1. The van der Waals surface area contributed by atoms with E-state index in [2.05, 4.69) is 67.6 Å². The highest BCUT2D eigenvalue weighted by Crippen LogP contribution is 2.40. The molecule has 2 nitrogen and oxygen atoms in total. The summed E-state index contributed by atoms with van der Waals surface area (Å²) >= 11 is 1.75. The lowest BCUT2D eigenvalue weighted by atomic mass is 10.0. The molecule has 122 valence electrons. The number of hydrogen-bond donors (Lipinski definition) is 0. The molecule has 0 N–H and O–H groups in total. The molecule has 0 saturated carbocycles. The Hall–Kier alpha value is -2.39. The Balaban J connectivity index is 2.37. The highest BCUT2D eigenvalue weighted by Gasteiger charge is 2.19. The largest absolute Gasteiger partial charge is 0.496 e. The number of hydrogen-bond acceptors (Lipinski definition) is 2. The van der Waals surface area contributed by atoms with Crippen molar-refractivity contribution < 1.29 is 9.30 Å². The van der Waals surface area contributed by atoms with E-state index in [1.165, 1.54) is 26.2 Å². The van der Waals surface area contributed by atoms with Crippen molar-refractivity contribution in [1.82, 2.24) is 0 Å². The lowest BCUT2D eigenvalue weighted by Gasteiger charge is -2.09. The normalized spacial score (nSPS) is 11.3. The summed E-state index contributed by atoms with van der Waals surface area (Å²) in [6.07, 6.45) is 6.16. The first-order valence-corrected chi connectivity index (χ1v) is 8.78. The number of thiophene rings is 1. The van der Waals surface area contributed by atoms with Crippen molar-refractivity contribution in [3.05, 3.63) is 59.1 Å². The molecule has 0 spiro atoms. The molecule has 24 heavy (non-hydrogen) atoms. The second kappa shape index (κ2) is 6.62. The molecule has 0 aliphatic carbocycles. The molecule has 0 aliphatic heterocycles. The van der Waals surface area contributed by atoms with E-state index in [0.717, 1.165) is 17.0 Å². The van der Waals surface area contributed by atoms with E-state index in [0.29, 0.717) is 0 Å². The zero-order chi connectivity index (χ0) is 17.3. The number of benzene rings is 1. The predicted octanol–water partition coefficient (Wildman–Crippen LogP) is 5.39. The summed E-state index contributed by atoms with van der Waals surface area (Å²) in [5.74, 6) is 0.896. The first-order chi connectivity index (χ1) is 11.6. The van der Waals surface area contributed by atoms with Crippen LogP contribution in [0.3, 0.4) is 0 Å². The number of aromatic nitrogens is 1. The number of nitrogens with zero attached hydrogens (tertiary/aromatic N) is 1. The Morgan fingerprint density at radius 2 is 2.04 bits per heavy atom. The number of ether oxygens (including phenoxy) is 1. The smallest absolute Gasteiger partial charge is 0.216 e. The molecule has 0 radical (unpaired) electrons. The molecular formula is C21H22NOS+. The Morgan fingerprint density at radius 1 is 1.25 bits per heavy atom. The molecule has 2 aromatic heterocycles. The number of allylic oxidation sites excluding steroid dienone is 1. The van der Waals surface area contributed by atoms with Gasteiger partial charge in [-0.2, -0.15) is 4.57 Å². The fraction of sp³-hybridized carbons (Fsp3) is 0.190. The van der Waals surface area contributed by atoms with Crippen molar-refractivity contribution in [2.24, 2.45) is 7.05 Å². The van der Waals surface area contributed by atoms with E-state index >= 15 is 0 Å². The van der Waals surface area contributed by atoms with E-state index in [9.17, 15) is 0 Å². The van der Waals surface area contributed by atoms with Crippen molar-refractivity contribution >= 4 is 33.6 Å². The van der Waals surface area contributed by atoms with Crippen LogP contribution in [0.15, 0.2) is 43.0 Å². The fourth-order valence-electron chi connectivity index (χ4n) is 2.98. The van der Waals surface area contributed by atoms with Crippen LogP contribution in [0.2, 0.25) is 0 Å². The van der Waals surface area contributed by atoms with E-state index < -0.39 is 0 Å². The molecule has 0 unspecified atom stereocenters. The Kier molecular flexibility index (Phi) is 4.54. The second-order valence-electron chi connectivity index (χ2n) is 5.74. The van der Waals surface area contributed by atoms with Crippen LogP contribution in [-0.4, -0.2) is 7.11 Å². The maximum atomic E-state index is 5.69. The Labute approximate surface area is 147 Å². The van der Waals surface area contributed by atoms with Crippen LogP contribution in [-0.2, 0) is 7.05 Å². The quantitative estimate of drug-likeness (QED) is 0.583. The summed E-state index contributed by atoms with van der Waals surface area (Å²) in [6.45, 7) is 8.11. The molecule has 3 aromatic rings. The van der Waals surface area contributed by atoms with Crippen molar-refractivity contribution in [2.45, 2.75) is 13.8 Å². The molecule has 3 rings (SSSR count). The minimum absolute atomic E-state index is 0.896. The summed E-state index contributed by atoms with van der Waals surface area (Å²) in [5.41, 5.74) is 4.69. The van der Waals surface area contributed by atoms with Crippen LogP contribution in [0.5, 0.6) is 5.75 Å². The van der Waals surface area contributed by atoms with Crippen LogP contribution in [0.4, 0.5) is 0 Å². The van der Waals surface area contributed by atoms with E-state index in [-0.39, 0.29) is 0 Å². The molecule has 2 heterocycles. The summed E-state index contributed by atoms with van der Waals surface area (Å²) in [6, 6.07) is 10.7. The highest BCUT2D eigenvalue weighted by molar-refractivity contribution is 7.20. The molecule has 0 bridgehead atoms. The molecule has 0 atom stereocenters. The second-order valence-corrected chi connectivity index (χ2v) is 6.83. The average Bonchev–Trinajstić information content (AvgIpc) is 2.93. The molecule has 0 aliphatic rings. The molecule has 3 heteroatoms. The number of fused-ring (bicyclic) bond motifs is 1. The van der Waals surface area contributed by atoms with Gasteiger partial charge in [0.15, 0.2) is 5.69 Å². The van der Waals surface area contributed by atoms with E-state index in [4.69, 9.17) is 4.74 Å². The maximum Gasteiger partial charge on any atom is 0.216 e. The first-order valence-electron chi connectivity index (χ1n) is 7.96.